The van der Waals surface area contributed by atoms with Crippen LogP contribution in [-0.2, 0) is 4.74 Å². The Kier molecular flexibility index (Phi) is 7.25. The minimum absolute atomic E-state index is 0.348. The second-order valence-electron chi connectivity index (χ2n) is 6.46. The lowest BCUT2D eigenvalue weighted by atomic mass is 9.68. The van der Waals surface area contributed by atoms with Gasteiger partial charge in [0.15, 0.2) is 0 Å². The fourth-order valence-electron chi connectivity index (χ4n) is 3.14. The molecule has 0 unspecified atom stereocenters. The molecule has 0 saturated heterocycles. The number of unbranched alkanes of at least 4 members (excludes halogenated alkanes) is 1. The van der Waals surface area contributed by atoms with E-state index in [9.17, 15) is 0 Å². The number of hydrogen-bond acceptors (Lipinski definition) is 2. The molecule has 0 aromatic carbocycles. The maximum Gasteiger partial charge on any atom is 0.0518 e. The van der Waals surface area contributed by atoms with Crippen molar-refractivity contribution in [3.8, 4) is 0 Å². The normalized spacial score (nSPS) is 28.8. The zero-order chi connectivity index (χ0) is 13.4. The summed E-state index contributed by atoms with van der Waals surface area (Å²) >= 11 is 0. The van der Waals surface area contributed by atoms with Gasteiger partial charge in [0.05, 0.1) is 6.10 Å². The van der Waals surface area contributed by atoms with Crippen molar-refractivity contribution in [1.29, 1.82) is 0 Å². The summed E-state index contributed by atoms with van der Waals surface area (Å²) in [5.41, 5.74) is 6.43. The van der Waals surface area contributed by atoms with Crippen LogP contribution in [0.15, 0.2) is 0 Å². The van der Waals surface area contributed by atoms with Crippen molar-refractivity contribution < 1.29 is 4.74 Å². The molecule has 0 aromatic heterocycles. The first-order valence-electron chi connectivity index (χ1n) is 7.93. The Morgan fingerprint density at radius 2 is 1.94 bits per heavy atom. The van der Waals surface area contributed by atoms with Gasteiger partial charge in [-0.1, -0.05) is 26.2 Å². The highest BCUT2D eigenvalue weighted by Gasteiger charge is 2.33. The Morgan fingerprint density at radius 1 is 1.28 bits per heavy atom. The maximum absolute atomic E-state index is 6.05. The van der Waals surface area contributed by atoms with Gasteiger partial charge in [-0.25, -0.2) is 0 Å². The fourth-order valence-corrected chi connectivity index (χ4v) is 3.14. The summed E-state index contributed by atoms with van der Waals surface area (Å²) in [5, 5.41) is 0. The number of nitrogens with two attached hydrogens (primary N) is 1. The van der Waals surface area contributed by atoms with Gasteiger partial charge >= 0.3 is 0 Å². The first kappa shape index (κ1) is 16.0. The highest BCUT2D eigenvalue weighted by Crippen LogP contribution is 2.42. The molecule has 2 nitrogen and oxygen atoms in total. The molecule has 18 heavy (non-hydrogen) atoms. The molecule has 1 saturated carbocycles. The van der Waals surface area contributed by atoms with Crippen LogP contribution in [0.4, 0.5) is 0 Å². The van der Waals surface area contributed by atoms with E-state index < -0.39 is 0 Å². The van der Waals surface area contributed by atoms with E-state index in [1.165, 1.54) is 44.9 Å². The second kappa shape index (κ2) is 8.16. The van der Waals surface area contributed by atoms with Crippen LogP contribution in [0.5, 0.6) is 0 Å². The van der Waals surface area contributed by atoms with E-state index in [0.29, 0.717) is 11.5 Å². The zero-order valence-electron chi connectivity index (χ0n) is 12.7. The van der Waals surface area contributed by atoms with Gasteiger partial charge in [0, 0.05) is 6.61 Å². The van der Waals surface area contributed by atoms with Crippen molar-refractivity contribution in [2.75, 3.05) is 13.2 Å². The van der Waals surface area contributed by atoms with Crippen LogP contribution in [-0.4, -0.2) is 19.3 Å². The van der Waals surface area contributed by atoms with Crippen molar-refractivity contribution in [2.24, 2.45) is 17.1 Å². The van der Waals surface area contributed by atoms with Gasteiger partial charge in [-0.2, -0.15) is 0 Å². The van der Waals surface area contributed by atoms with Gasteiger partial charge < -0.3 is 10.5 Å². The summed E-state index contributed by atoms with van der Waals surface area (Å²) in [4.78, 5) is 0. The van der Waals surface area contributed by atoms with Gasteiger partial charge in [0.1, 0.15) is 0 Å². The minimum atomic E-state index is 0.348. The summed E-state index contributed by atoms with van der Waals surface area (Å²) in [6.07, 6.45) is 11.1. The monoisotopic (exact) mass is 255 g/mol. The van der Waals surface area contributed by atoms with E-state index in [2.05, 4.69) is 20.8 Å². The van der Waals surface area contributed by atoms with Crippen LogP contribution < -0.4 is 5.73 Å². The van der Waals surface area contributed by atoms with Gasteiger partial charge in [0.25, 0.3) is 0 Å². The predicted octanol–water partition coefficient (Wildman–Crippen LogP) is 4.13. The lowest BCUT2D eigenvalue weighted by molar-refractivity contribution is 0.0353. The first-order chi connectivity index (χ1) is 8.62. The SMILES string of the molecule is CCCCC1CCC(CN)(CCOC(C)C)CC1. The molecule has 1 aliphatic carbocycles. The van der Waals surface area contributed by atoms with Crippen molar-refractivity contribution >= 4 is 0 Å². The number of rotatable bonds is 8. The van der Waals surface area contributed by atoms with E-state index in [1.54, 1.807) is 0 Å². The average molecular weight is 255 g/mol. The Morgan fingerprint density at radius 3 is 2.44 bits per heavy atom. The lowest BCUT2D eigenvalue weighted by Crippen LogP contribution is -2.36. The molecule has 0 heterocycles. The predicted molar refractivity (Wildman–Crippen MR) is 78.7 cm³/mol. The number of hydrogen-bond donors (Lipinski definition) is 1. The van der Waals surface area contributed by atoms with Gasteiger partial charge in [-0.3, -0.25) is 0 Å². The van der Waals surface area contributed by atoms with Gasteiger partial charge in [0.2, 0.25) is 0 Å². The minimum Gasteiger partial charge on any atom is -0.379 e. The fraction of sp³-hybridized carbons (Fsp3) is 1.00. The maximum atomic E-state index is 6.05. The summed E-state index contributed by atoms with van der Waals surface area (Å²) in [6.45, 7) is 8.23. The lowest BCUT2D eigenvalue weighted by Gasteiger charge is -2.39. The molecule has 0 radical (unpaired) electrons. The standard InChI is InChI=1S/C16H33NO/c1-4-5-6-15-7-9-16(13-17,10-8-15)11-12-18-14(2)3/h14-15H,4-13,17H2,1-3H3. The second-order valence-corrected chi connectivity index (χ2v) is 6.46. The zero-order valence-corrected chi connectivity index (χ0v) is 12.7. The van der Waals surface area contributed by atoms with E-state index in [4.69, 9.17) is 10.5 Å². The van der Waals surface area contributed by atoms with Crippen molar-refractivity contribution in [3.63, 3.8) is 0 Å². The van der Waals surface area contributed by atoms with Gasteiger partial charge in [-0.05, 0) is 63.8 Å². The smallest absolute Gasteiger partial charge is 0.0518 e. The first-order valence-corrected chi connectivity index (χ1v) is 7.93. The molecule has 1 rings (SSSR count). The Bertz CT molecular complexity index is 207. The Balaban J connectivity index is 2.30. The van der Waals surface area contributed by atoms with Crippen molar-refractivity contribution in [1.82, 2.24) is 0 Å². The summed E-state index contributed by atoms with van der Waals surface area (Å²) in [5.74, 6) is 0.968. The molecule has 0 aromatic rings. The molecule has 0 spiro atoms. The highest BCUT2D eigenvalue weighted by atomic mass is 16.5. The number of ether oxygens (including phenoxy) is 1. The van der Waals surface area contributed by atoms with Crippen LogP contribution in [0.1, 0.15) is 72.1 Å². The largest absolute Gasteiger partial charge is 0.379 e. The summed E-state index contributed by atoms with van der Waals surface area (Å²) in [7, 11) is 0. The molecule has 2 N–H and O–H groups in total. The third-order valence-electron chi connectivity index (χ3n) is 4.65. The third-order valence-corrected chi connectivity index (χ3v) is 4.65. The molecular formula is C16H33NO. The molecule has 0 aliphatic heterocycles. The quantitative estimate of drug-likeness (QED) is 0.708. The van der Waals surface area contributed by atoms with E-state index in [1.807, 2.05) is 0 Å². The van der Waals surface area contributed by atoms with Crippen molar-refractivity contribution in [2.45, 2.75) is 78.2 Å². The van der Waals surface area contributed by atoms with E-state index >= 15 is 0 Å². The van der Waals surface area contributed by atoms with Crippen LogP contribution >= 0.6 is 0 Å². The molecule has 2 heteroatoms. The average Bonchev–Trinajstić information content (AvgIpc) is 2.37. The van der Waals surface area contributed by atoms with Crippen LogP contribution in [0, 0.1) is 11.3 Å². The molecule has 0 bridgehead atoms. The van der Waals surface area contributed by atoms with Crippen LogP contribution in [0.25, 0.3) is 0 Å². The van der Waals surface area contributed by atoms with E-state index in [-0.39, 0.29) is 0 Å². The highest BCUT2D eigenvalue weighted by molar-refractivity contribution is 4.86. The molecule has 108 valence electrons. The molecular weight excluding hydrogens is 222 g/mol. The summed E-state index contributed by atoms with van der Waals surface area (Å²) in [6, 6.07) is 0. The Hall–Kier alpha value is -0.0800. The molecule has 0 amide bonds. The van der Waals surface area contributed by atoms with Crippen LogP contribution in [0.3, 0.4) is 0 Å². The Labute approximate surface area is 114 Å². The van der Waals surface area contributed by atoms with Gasteiger partial charge in [-0.15, -0.1) is 0 Å². The molecule has 0 atom stereocenters. The molecule has 1 aliphatic rings. The molecule has 1 fully saturated rings. The van der Waals surface area contributed by atoms with Crippen LogP contribution in [0.2, 0.25) is 0 Å². The topological polar surface area (TPSA) is 35.2 Å². The third kappa shape index (κ3) is 5.27. The summed E-state index contributed by atoms with van der Waals surface area (Å²) < 4.78 is 5.71. The van der Waals surface area contributed by atoms with Crippen molar-refractivity contribution in [3.05, 3.63) is 0 Å². The van der Waals surface area contributed by atoms with E-state index in [0.717, 1.165) is 25.5 Å².